The van der Waals surface area contributed by atoms with E-state index in [9.17, 15) is 0 Å². The van der Waals surface area contributed by atoms with Gasteiger partial charge in [-0.2, -0.15) is 0 Å². The molecule has 0 bridgehead atoms. The molecular weight excluding hydrogens is 242 g/mol. The predicted octanol–water partition coefficient (Wildman–Crippen LogP) is 2.49. The van der Waals surface area contributed by atoms with Crippen LogP contribution in [-0.2, 0) is 0 Å². The lowest BCUT2D eigenvalue weighted by atomic mass is 10.2. The van der Waals surface area contributed by atoms with Crippen molar-refractivity contribution in [2.45, 2.75) is 0 Å². The summed E-state index contributed by atoms with van der Waals surface area (Å²) in [5.41, 5.74) is 6.52. The molecule has 1 heterocycles. The van der Waals surface area contributed by atoms with E-state index < -0.39 is 0 Å². The van der Waals surface area contributed by atoms with Crippen LogP contribution in [0.2, 0.25) is 0 Å². The summed E-state index contributed by atoms with van der Waals surface area (Å²) >= 11 is 3.39. The van der Waals surface area contributed by atoms with Crippen LogP contribution < -0.4 is 5.73 Å². The third kappa shape index (κ3) is 1.90. The minimum absolute atomic E-state index is 0.481. The van der Waals surface area contributed by atoms with Crippen LogP contribution in [0.15, 0.2) is 41.0 Å². The van der Waals surface area contributed by atoms with E-state index in [1.165, 1.54) is 0 Å². The van der Waals surface area contributed by atoms with Crippen LogP contribution in [0.5, 0.6) is 0 Å². The van der Waals surface area contributed by atoms with E-state index in [0.717, 1.165) is 10.0 Å². The second-order valence-electron chi connectivity index (χ2n) is 2.82. The molecule has 0 aliphatic heterocycles. The highest BCUT2D eigenvalue weighted by molar-refractivity contribution is 9.10. The fourth-order valence-corrected chi connectivity index (χ4v) is 1.54. The summed E-state index contributed by atoms with van der Waals surface area (Å²) < 4.78 is 1.00. The quantitative estimate of drug-likeness (QED) is 0.845. The summed E-state index contributed by atoms with van der Waals surface area (Å²) in [6.45, 7) is 0. The highest BCUT2D eigenvalue weighted by atomic mass is 79.9. The Morgan fingerprint density at radius 1 is 1.21 bits per heavy atom. The van der Waals surface area contributed by atoms with Crippen LogP contribution in [0.25, 0.3) is 11.4 Å². The second kappa shape index (κ2) is 3.75. The molecule has 0 amide bonds. The van der Waals surface area contributed by atoms with Crippen molar-refractivity contribution in [1.82, 2.24) is 9.97 Å². The maximum absolute atomic E-state index is 5.57. The van der Waals surface area contributed by atoms with Gasteiger partial charge in [0, 0.05) is 16.2 Å². The number of hydrogen-bond donors (Lipinski definition) is 1. The number of benzene rings is 1. The molecule has 0 aliphatic carbocycles. The largest absolute Gasteiger partial charge is 0.384 e. The van der Waals surface area contributed by atoms with Crippen molar-refractivity contribution in [3.63, 3.8) is 0 Å². The van der Waals surface area contributed by atoms with Gasteiger partial charge < -0.3 is 5.73 Å². The molecule has 0 saturated carbocycles. The standard InChI is InChI=1S/C10H8BrN3/c11-8-3-1-2-7(6-8)10-13-5-4-9(12)14-10/h1-6H,(H2,12,13,14). The number of rotatable bonds is 1. The number of nitrogens with two attached hydrogens (primary N) is 1. The van der Waals surface area contributed by atoms with Gasteiger partial charge in [0.15, 0.2) is 5.82 Å². The maximum atomic E-state index is 5.57. The molecule has 0 unspecified atom stereocenters. The number of nitrogen functional groups attached to an aromatic ring is 1. The Bertz CT molecular complexity index is 413. The van der Waals surface area contributed by atoms with Crippen molar-refractivity contribution in [3.8, 4) is 11.4 Å². The van der Waals surface area contributed by atoms with Gasteiger partial charge in [-0.3, -0.25) is 0 Å². The number of nitrogens with zero attached hydrogens (tertiary/aromatic N) is 2. The third-order valence-electron chi connectivity index (χ3n) is 1.76. The Morgan fingerprint density at radius 2 is 2.07 bits per heavy atom. The summed E-state index contributed by atoms with van der Waals surface area (Å²) in [5, 5.41) is 0. The summed E-state index contributed by atoms with van der Waals surface area (Å²) in [4.78, 5) is 8.27. The van der Waals surface area contributed by atoms with Crippen molar-refractivity contribution < 1.29 is 0 Å². The molecular formula is C10H8BrN3. The highest BCUT2D eigenvalue weighted by Gasteiger charge is 2.00. The van der Waals surface area contributed by atoms with Crippen LogP contribution >= 0.6 is 15.9 Å². The van der Waals surface area contributed by atoms with E-state index in [4.69, 9.17) is 5.73 Å². The molecule has 0 aliphatic rings. The SMILES string of the molecule is Nc1ccnc(-c2cccc(Br)c2)n1. The Hall–Kier alpha value is -1.42. The molecule has 3 nitrogen and oxygen atoms in total. The average molecular weight is 250 g/mol. The van der Waals surface area contributed by atoms with Crippen molar-refractivity contribution >= 4 is 21.7 Å². The molecule has 1 aromatic heterocycles. The molecule has 1 aromatic carbocycles. The molecule has 2 aromatic rings. The highest BCUT2D eigenvalue weighted by Crippen LogP contribution is 2.19. The van der Waals surface area contributed by atoms with Crippen LogP contribution in [0, 0.1) is 0 Å². The first kappa shape index (κ1) is 9.15. The Balaban J connectivity index is 2.49. The molecule has 2 N–H and O–H groups in total. The van der Waals surface area contributed by atoms with E-state index in [0.29, 0.717) is 11.6 Å². The monoisotopic (exact) mass is 249 g/mol. The predicted molar refractivity (Wildman–Crippen MR) is 59.6 cm³/mol. The number of halogens is 1. The molecule has 2 rings (SSSR count). The lowest BCUT2D eigenvalue weighted by molar-refractivity contribution is 1.18. The Kier molecular flexibility index (Phi) is 2.45. The third-order valence-corrected chi connectivity index (χ3v) is 2.25. The van der Waals surface area contributed by atoms with Crippen LogP contribution in [0.3, 0.4) is 0 Å². The first-order valence-corrected chi connectivity index (χ1v) is 4.89. The zero-order chi connectivity index (χ0) is 9.97. The van der Waals surface area contributed by atoms with Gasteiger partial charge in [-0.15, -0.1) is 0 Å². The van der Waals surface area contributed by atoms with Gasteiger partial charge in [0.05, 0.1) is 0 Å². The fourth-order valence-electron chi connectivity index (χ4n) is 1.14. The summed E-state index contributed by atoms with van der Waals surface area (Å²) in [7, 11) is 0. The molecule has 0 spiro atoms. The van der Waals surface area contributed by atoms with Gasteiger partial charge in [0.1, 0.15) is 5.82 Å². The Labute approximate surface area is 90.1 Å². The van der Waals surface area contributed by atoms with Crippen LogP contribution in [0.1, 0.15) is 0 Å². The minimum atomic E-state index is 0.481. The summed E-state index contributed by atoms with van der Waals surface area (Å²) in [6, 6.07) is 9.46. The average Bonchev–Trinajstić information content (AvgIpc) is 2.18. The lowest BCUT2D eigenvalue weighted by Gasteiger charge is -2.00. The molecule has 14 heavy (non-hydrogen) atoms. The van der Waals surface area contributed by atoms with Crippen molar-refractivity contribution in [1.29, 1.82) is 0 Å². The summed E-state index contributed by atoms with van der Waals surface area (Å²) in [6.07, 6.45) is 1.65. The van der Waals surface area contributed by atoms with Crippen molar-refractivity contribution in [2.75, 3.05) is 5.73 Å². The van der Waals surface area contributed by atoms with E-state index in [1.807, 2.05) is 24.3 Å². The zero-order valence-electron chi connectivity index (χ0n) is 7.31. The fraction of sp³-hybridized carbons (Fsp3) is 0. The molecule has 4 heteroatoms. The van der Waals surface area contributed by atoms with Gasteiger partial charge >= 0.3 is 0 Å². The van der Waals surface area contributed by atoms with E-state index in [-0.39, 0.29) is 0 Å². The van der Waals surface area contributed by atoms with Crippen LogP contribution in [0.4, 0.5) is 5.82 Å². The van der Waals surface area contributed by atoms with Crippen molar-refractivity contribution in [2.24, 2.45) is 0 Å². The zero-order valence-corrected chi connectivity index (χ0v) is 8.90. The normalized spacial score (nSPS) is 10.1. The molecule has 0 fully saturated rings. The van der Waals surface area contributed by atoms with Crippen LogP contribution in [-0.4, -0.2) is 9.97 Å². The number of anilines is 1. The molecule has 0 atom stereocenters. The first-order chi connectivity index (χ1) is 6.75. The maximum Gasteiger partial charge on any atom is 0.161 e. The van der Waals surface area contributed by atoms with E-state index in [2.05, 4.69) is 25.9 Å². The molecule has 70 valence electrons. The first-order valence-electron chi connectivity index (χ1n) is 4.10. The second-order valence-corrected chi connectivity index (χ2v) is 3.73. The van der Waals surface area contributed by atoms with Gasteiger partial charge in [0.2, 0.25) is 0 Å². The van der Waals surface area contributed by atoms with Gasteiger partial charge in [-0.1, -0.05) is 28.1 Å². The number of hydrogen-bond acceptors (Lipinski definition) is 3. The number of aromatic nitrogens is 2. The van der Waals surface area contributed by atoms with E-state index >= 15 is 0 Å². The smallest absolute Gasteiger partial charge is 0.161 e. The molecule has 0 radical (unpaired) electrons. The minimum Gasteiger partial charge on any atom is -0.384 e. The van der Waals surface area contributed by atoms with E-state index in [1.54, 1.807) is 12.3 Å². The van der Waals surface area contributed by atoms with Crippen molar-refractivity contribution in [3.05, 3.63) is 41.0 Å². The van der Waals surface area contributed by atoms with Gasteiger partial charge in [-0.25, -0.2) is 9.97 Å². The Morgan fingerprint density at radius 3 is 2.79 bits per heavy atom. The topological polar surface area (TPSA) is 51.8 Å². The summed E-state index contributed by atoms with van der Waals surface area (Å²) in [5.74, 6) is 1.13. The molecule has 0 saturated heterocycles. The van der Waals surface area contributed by atoms with Gasteiger partial charge in [-0.05, 0) is 18.2 Å². The lowest BCUT2D eigenvalue weighted by Crippen LogP contribution is -1.94. The van der Waals surface area contributed by atoms with Gasteiger partial charge in [0.25, 0.3) is 0 Å².